The molecule has 0 unspecified atom stereocenters. The molecule has 1 rings (SSSR count). The number of carbonyl (C=O) groups excluding carboxylic acids is 1. The Labute approximate surface area is 108 Å². The first-order chi connectivity index (χ1) is 7.54. The molecule has 5 heteroatoms. The Bertz CT molecular complexity index is 381. The Hall–Kier alpha value is -1.26. The van der Waals surface area contributed by atoms with Gasteiger partial charge in [-0.05, 0) is 25.5 Å². The summed E-state index contributed by atoms with van der Waals surface area (Å²) in [7, 11) is 1.62. The summed E-state index contributed by atoms with van der Waals surface area (Å²) >= 11 is 0. The minimum atomic E-state index is -0.489. The number of aryl methyl sites for hydroxylation is 1. The Morgan fingerprint density at radius 2 is 2.18 bits per heavy atom. The summed E-state index contributed by atoms with van der Waals surface area (Å²) in [6.45, 7) is 4.08. The van der Waals surface area contributed by atoms with Crippen LogP contribution in [0.3, 0.4) is 0 Å². The fourth-order valence-corrected chi connectivity index (χ4v) is 1.34. The van der Waals surface area contributed by atoms with E-state index in [0.717, 1.165) is 16.9 Å². The van der Waals surface area contributed by atoms with Gasteiger partial charge in [0.2, 0.25) is 5.91 Å². The highest BCUT2D eigenvalue weighted by molar-refractivity contribution is 5.85. The van der Waals surface area contributed by atoms with Crippen LogP contribution in [0.1, 0.15) is 18.1 Å². The Morgan fingerprint density at radius 3 is 2.71 bits per heavy atom. The van der Waals surface area contributed by atoms with Gasteiger partial charge in [-0.3, -0.25) is 4.79 Å². The first-order valence-electron chi connectivity index (χ1n) is 5.21. The zero-order chi connectivity index (χ0) is 12.1. The second kappa shape index (κ2) is 7.14. The molecule has 0 bridgehead atoms. The molecule has 0 aliphatic heterocycles. The number of nitrogens with two attached hydrogens (primary N) is 1. The van der Waals surface area contributed by atoms with E-state index in [-0.39, 0.29) is 18.3 Å². The van der Waals surface area contributed by atoms with E-state index in [1.807, 2.05) is 25.1 Å². The maximum absolute atomic E-state index is 11.3. The van der Waals surface area contributed by atoms with Crippen molar-refractivity contribution >= 4 is 18.3 Å². The average Bonchev–Trinajstić information content (AvgIpc) is 2.26. The van der Waals surface area contributed by atoms with E-state index in [0.29, 0.717) is 6.54 Å². The van der Waals surface area contributed by atoms with Crippen molar-refractivity contribution in [3.8, 4) is 5.75 Å². The van der Waals surface area contributed by atoms with Gasteiger partial charge in [-0.1, -0.05) is 12.1 Å². The van der Waals surface area contributed by atoms with Gasteiger partial charge in [-0.25, -0.2) is 0 Å². The molecule has 0 spiro atoms. The number of carbonyl (C=O) groups is 1. The van der Waals surface area contributed by atoms with Crippen molar-refractivity contribution in [2.24, 2.45) is 5.73 Å². The van der Waals surface area contributed by atoms with Crippen LogP contribution in [0.5, 0.6) is 5.75 Å². The van der Waals surface area contributed by atoms with Crippen molar-refractivity contribution in [3.63, 3.8) is 0 Å². The van der Waals surface area contributed by atoms with Gasteiger partial charge in [0.1, 0.15) is 5.75 Å². The second-order valence-electron chi connectivity index (χ2n) is 3.82. The van der Waals surface area contributed by atoms with Crippen LogP contribution in [0.15, 0.2) is 18.2 Å². The molecule has 1 aromatic carbocycles. The Morgan fingerprint density at radius 1 is 1.53 bits per heavy atom. The van der Waals surface area contributed by atoms with Crippen molar-refractivity contribution in [1.29, 1.82) is 0 Å². The van der Waals surface area contributed by atoms with Gasteiger partial charge in [0.25, 0.3) is 0 Å². The summed E-state index contributed by atoms with van der Waals surface area (Å²) in [6.07, 6.45) is 0. The molecule has 0 aliphatic rings. The largest absolute Gasteiger partial charge is 0.496 e. The van der Waals surface area contributed by atoms with Crippen LogP contribution in [0.25, 0.3) is 0 Å². The summed E-state index contributed by atoms with van der Waals surface area (Å²) in [4.78, 5) is 11.3. The number of halogens is 1. The van der Waals surface area contributed by atoms with Crippen LogP contribution < -0.4 is 15.8 Å². The Kier molecular flexibility index (Phi) is 6.61. The molecule has 4 nitrogen and oxygen atoms in total. The lowest BCUT2D eigenvalue weighted by molar-refractivity contribution is -0.122. The van der Waals surface area contributed by atoms with Gasteiger partial charge in [-0.2, -0.15) is 0 Å². The molecule has 1 amide bonds. The zero-order valence-electron chi connectivity index (χ0n) is 10.3. The molecule has 0 fully saturated rings. The fraction of sp³-hybridized carbons (Fsp3) is 0.417. The van der Waals surface area contributed by atoms with Gasteiger partial charge < -0.3 is 15.8 Å². The highest BCUT2D eigenvalue weighted by Gasteiger charge is 2.08. The van der Waals surface area contributed by atoms with Crippen molar-refractivity contribution in [1.82, 2.24) is 5.32 Å². The lowest BCUT2D eigenvalue weighted by Crippen LogP contribution is -2.37. The van der Waals surface area contributed by atoms with Crippen LogP contribution in [0.2, 0.25) is 0 Å². The zero-order valence-corrected chi connectivity index (χ0v) is 11.1. The summed E-state index contributed by atoms with van der Waals surface area (Å²) in [6, 6.07) is 5.37. The van der Waals surface area contributed by atoms with E-state index < -0.39 is 6.04 Å². The normalized spacial score (nSPS) is 11.3. The molecule has 0 radical (unpaired) electrons. The molecule has 0 aromatic heterocycles. The molecule has 0 saturated carbocycles. The van der Waals surface area contributed by atoms with Crippen LogP contribution in [-0.2, 0) is 11.3 Å². The van der Waals surface area contributed by atoms with E-state index in [9.17, 15) is 4.79 Å². The van der Waals surface area contributed by atoms with Gasteiger partial charge in [-0.15, -0.1) is 12.4 Å². The molecule has 0 saturated heterocycles. The number of rotatable bonds is 4. The lowest BCUT2D eigenvalue weighted by atomic mass is 10.1. The van der Waals surface area contributed by atoms with Crippen LogP contribution in [0.4, 0.5) is 0 Å². The van der Waals surface area contributed by atoms with E-state index in [4.69, 9.17) is 10.5 Å². The third kappa shape index (κ3) is 4.63. The highest BCUT2D eigenvalue weighted by Crippen LogP contribution is 2.19. The first-order valence-corrected chi connectivity index (χ1v) is 5.21. The predicted octanol–water partition coefficient (Wildman–Crippen LogP) is 1.39. The summed E-state index contributed by atoms with van der Waals surface area (Å²) < 4.78 is 5.24. The van der Waals surface area contributed by atoms with Crippen LogP contribution in [0, 0.1) is 6.92 Å². The number of methoxy groups -OCH3 is 1. The van der Waals surface area contributed by atoms with Crippen molar-refractivity contribution in [2.45, 2.75) is 26.4 Å². The number of nitrogens with one attached hydrogen (secondary N) is 1. The minimum absolute atomic E-state index is 0. The van der Waals surface area contributed by atoms with Crippen molar-refractivity contribution in [3.05, 3.63) is 29.3 Å². The number of hydrogen-bond acceptors (Lipinski definition) is 3. The minimum Gasteiger partial charge on any atom is -0.496 e. The molecule has 0 aliphatic carbocycles. The number of ether oxygens (including phenoxy) is 1. The number of benzene rings is 1. The quantitative estimate of drug-likeness (QED) is 0.858. The summed E-state index contributed by atoms with van der Waals surface area (Å²) in [5.41, 5.74) is 7.52. The predicted molar refractivity (Wildman–Crippen MR) is 70.5 cm³/mol. The molecular formula is C12H19ClN2O2. The Balaban J connectivity index is 0.00000256. The van der Waals surface area contributed by atoms with Crippen molar-refractivity contribution < 1.29 is 9.53 Å². The second-order valence-corrected chi connectivity index (χ2v) is 3.82. The molecule has 96 valence electrons. The van der Waals surface area contributed by atoms with Gasteiger partial charge in [0.05, 0.1) is 13.2 Å². The molecular weight excluding hydrogens is 240 g/mol. The fourth-order valence-electron chi connectivity index (χ4n) is 1.34. The molecule has 1 atom stereocenters. The van der Waals surface area contributed by atoms with Crippen molar-refractivity contribution in [2.75, 3.05) is 7.11 Å². The van der Waals surface area contributed by atoms with Crippen LogP contribution in [-0.4, -0.2) is 19.1 Å². The molecule has 1 aromatic rings. The van der Waals surface area contributed by atoms with E-state index in [1.165, 1.54) is 0 Å². The lowest BCUT2D eigenvalue weighted by Gasteiger charge is -2.11. The van der Waals surface area contributed by atoms with Gasteiger partial charge >= 0.3 is 0 Å². The monoisotopic (exact) mass is 258 g/mol. The third-order valence-corrected chi connectivity index (χ3v) is 2.31. The SMILES string of the molecule is COc1cc(C)ccc1CNC(=O)[C@@H](C)N.Cl. The van der Waals surface area contributed by atoms with E-state index >= 15 is 0 Å². The van der Waals surface area contributed by atoms with E-state index in [1.54, 1.807) is 14.0 Å². The molecule has 0 heterocycles. The smallest absolute Gasteiger partial charge is 0.236 e. The van der Waals surface area contributed by atoms with Gasteiger partial charge in [0.15, 0.2) is 0 Å². The standard InChI is InChI=1S/C12H18N2O2.ClH/c1-8-4-5-10(11(6-8)16-3)7-14-12(15)9(2)13;/h4-6,9H,7,13H2,1-3H3,(H,14,15);1H/t9-;/m1./s1. The number of hydrogen-bond donors (Lipinski definition) is 2. The van der Waals surface area contributed by atoms with E-state index in [2.05, 4.69) is 5.32 Å². The summed E-state index contributed by atoms with van der Waals surface area (Å²) in [5.74, 6) is 0.618. The highest BCUT2D eigenvalue weighted by atomic mass is 35.5. The topological polar surface area (TPSA) is 64.3 Å². The third-order valence-electron chi connectivity index (χ3n) is 2.31. The van der Waals surface area contributed by atoms with Crippen LogP contribution >= 0.6 is 12.4 Å². The maximum atomic E-state index is 11.3. The number of amides is 1. The summed E-state index contributed by atoms with van der Waals surface area (Å²) in [5, 5.41) is 2.75. The average molecular weight is 259 g/mol. The van der Waals surface area contributed by atoms with Gasteiger partial charge in [0, 0.05) is 12.1 Å². The maximum Gasteiger partial charge on any atom is 0.236 e. The molecule has 3 N–H and O–H groups in total. The molecule has 17 heavy (non-hydrogen) atoms. The first kappa shape index (κ1) is 15.7.